The number of rotatable bonds is 6. The van der Waals surface area contributed by atoms with Crippen molar-refractivity contribution in [1.82, 2.24) is 25.0 Å². The summed E-state index contributed by atoms with van der Waals surface area (Å²) in [5.41, 5.74) is 3.43. The highest BCUT2D eigenvalue weighted by atomic mass is 16.6. The Kier molecular flexibility index (Phi) is 8.96. The maximum absolute atomic E-state index is 14.4. The largest absolute Gasteiger partial charge is 0.444 e. The fourth-order valence-electron chi connectivity index (χ4n) is 6.09. The number of urea groups is 1. The van der Waals surface area contributed by atoms with Crippen molar-refractivity contribution in [3.05, 3.63) is 65.9 Å². The Morgan fingerprint density at radius 3 is 2.40 bits per heavy atom. The van der Waals surface area contributed by atoms with E-state index in [0.29, 0.717) is 39.1 Å². The molecule has 2 aliphatic heterocycles. The van der Waals surface area contributed by atoms with E-state index in [1.807, 2.05) is 74.3 Å². The molecule has 0 saturated carbocycles. The van der Waals surface area contributed by atoms with Crippen LogP contribution in [0.15, 0.2) is 54.7 Å². The third kappa shape index (κ3) is 7.30. The summed E-state index contributed by atoms with van der Waals surface area (Å²) in [6, 6.07) is 15.0. The molecule has 1 fully saturated rings. The van der Waals surface area contributed by atoms with Crippen molar-refractivity contribution in [2.45, 2.75) is 45.3 Å². The minimum Gasteiger partial charge on any atom is -0.444 e. The van der Waals surface area contributed by atoms with Crippen molar-refractivity contribution < 1.29 is 19.1 Å². The molecule has 2 atom stereocenters. The van der Waals surface area contributed by atoms with Crippen LogP contribution in [-0.2, 0) is 22.4 Å². The first kappa shape index (κ1) is 30.4. The molecule has 43 heavy (non-hydrogen) atoms. The summed E-state index contributed by atoms with van der Waals surface area (Å²) in [6.07, 6.45) is 2.80. The number of ether oxygens (including phenoxy) is 1. The topological polar surface area (TPSA) is 101 Å². The monoisotopic (exact) mass is 588 g/mol. The number of carbonyl (C=O) groups is 3. The van der Waals surface area contributed by atoms with Crippen LogP contribution in [0.3, 0.4) is 0 Å². The van der Waals surface area contributed by atoms with Gasteiger partial charge in [0.1, 0.15) is 11.6 Å². The average molecular weight is 589 g/mol. The Hall–Kier alpha value is -4.05. The molecule has 0 spiro atoms. The number of fused-ring (bicyclic) bond motifs is 2. The highest BCUT2D eigenvalue weighted by Gasteiger charge is 2.35. The summed E-state index contributed by atoms with van der Waals surface area (Å²) >= 11 is 0. The average Bonchev–Trinajstić information content (AvgIpc) is 3.37. The molecule has 10 nitrogen and oxygen atoms in total. The van der Waals surface area contributed by atoms with Crippen LogP contribution in [0.2, 0.25) is 0 Å². The summed E-state index contributed by atoms with van der Waals surface area (Å²) in [7, 11) is 4.10. The van der Waals surface area contributed by atoms with Gasteiger partial charge in [-0.3, -0.25) is 4.79 Å². The zero-order valence-electron chi connectivity index (χ0n) is 25.9. The number of anilines is 1. The molecular weight excluding hydrogens is 544 g/mol. The van der Waals surface area contributed by atoms with Crippen LogP contribution in [0.4, 0.5) is 15.3 Å². The highest BCUT2D eigenvalue weighted by molar-refractivity contribution is 6.00. The van der Waals surface area contributed by atoms with Crippen LogP contribution in [-0.4, -0.2) is 103 Å². The lowest BCUT2D eigenvalue weighted by atomic mass is 9.91. The van der Waals surface area contributed by atoms with E-state index < -0.39 is 11.6 Å². The molecule has 3 heterocycles. The molecule has 1 saturated heterocycles. The smallest absolute Gasteiger partial charge is 0.410 e. The van der Waals surface area contributed by atoms with Gasteiger partial charge in [0.2, 0.25) is 5.91 Å². The van der Waals surface area contributed by atoms with Crippen molar-refractivity contribution in [1.29, 1.82) is 0 Å². The van der Waals surface area contributed by atoms with Crippen LogP contribution in [0.5, 0.6) is 0 Å². The van der Waals surface area contributed by atoms with Crippen molar-refractivity contribution >= 4 is 34.6 Å². The molecule has 0 aliphatic carbocycles. The van der Waals surface area contributed by atoms with E-state index >= 15 is 0 Å². The van der Waals surface area contributed by atoms with Gasteiger partial charge in [0.05, 0.1) is 0 Å². The normalized spacial score (nSPS) is 18.0. The number of hydrogen-bond acceptors (Lipinski definition) is 5. The first-order chi connectivity index (χ1) is 20.5. The minimum absolute atomic E-state index is 0.123. The number of aromatic nitrogens is 1. The predicted octanol–water partition coefficient (Wildman–Crippen LogP) is 4.11. The molecular formula is C33H44N6O4. The fraction of sp³-hybridized carbons (Fsp3) is 0.485. The Morgan fingerprint density at radius 2 is 1.67 bits per heavy atom. The zero-order chi connectivity index (χ0) is 30.7. The van der Waals surface area contributed by atoms with E-state index in [1.54, 1.807) is 9.80 Å². The van der Waals surface area contributed by atoms with Gasteiger partial charge in [0.25, 0.3) is 0 Å². The SMILES string of the molecule is CN(C)C[C@H]1Cc2ccccc2N(C(=O)[C@@H](Cc2c[nH]c3ccccc23)NC(=O)N2CCN(C(=O)OC(C)(C)C)CC2)C1. The van der Waals surface area contributed by atoms with Crippen LogP contribution in [0.25, 0.3) is 10.9 Å². The lowest BCUT2D eigenvalue weighted by molar-refractivity contribution is -0.120. The third-order valence-electron chi connectivity index (χ3n) is 8.03. The van der Waals surface area contributed by atoms with Crippen molar-refractivity contribution in [2.75, 3.05) is 58.3 Å². The number of hydrogen-bond donors (Lipinski definition) is 2. The molecule has 230 valence electrons. The number of para-hydroxylation sites is 2. The van der Waals surface area contributed by atoms with Crippen LogP contribution < -0.4 is 10.2 Å². The maximum atomic E-state index is 14.4. The molecule has 0 unspecified atom stereocenters. The predicted molar refractivity (Wildman–Crippen MR) is 168 cm³/mol. The number of H-pyrrole nitrogens is 1. The first-order valence-corrected chi connectivity index (χ1v) is 15.1. The first-order valence-electron chi connectivity index (χ1n) is 15.1. The van der Waals surface area contributed by atoms with Crippen molar-refractivity contribution in [3.8, 4) is 0 Å². The maximum Gasteiger partial charge on any atom is 0.410 e. The summed E-state index contributed by atoms with van der Waals surface area (Å²) in [5, 5.41) is 4.12. The number of benzene rings is 2. The second-order valence-electron chi connectivity index (χ2n) is 12.9. The van der Waals surface area contributed by atoms with Gasteiger partial charge in [-0.1, -0.05) is 36.4 Å². The van der Waals surface area contributed by atoms with Gasteiger partial charge in [-0.25, -0.2) is 9.59 Å². The van der Waals surface area contributed by atoms with E-state index in [9.17, 15) is 14.4 Å². The zero-order valence-corrected chi connectivity index (χ0v) is 25.9. The van der Waals surface area contributed by atoms with Gasteiger partial charge in [-0.05, 0) is 70.5 Å². The Labute approximate surface area is 253 Å². The van der Waals surface area contributed by atoms with Gasteiger partial charge in [0.15, 0.2) is 0 Å². The van der Waals surface area contributed by atoms with Crippen LogP contribution >= 0.6 is 0 Å². The molecule has 2 N–H and O–H groups in total. The number of aromatic amines is 1. The lowest BCUT2D eigenvalue weighted by Crippen LogP contribution is -2.58. The minimum atomic E-state index is -0.776. The van der Waals surface area contributed by atoms with Crippen LogP contribution in [0, 0.1) is 5.92 Å². The standard InChI is InChI=1S/C33H44N6O4/c1-33(2,3)43-32(42)38-16-14-37(15-17-38)31(41)35-28(19-25-20-34-27-12-8-7-11-26(25)27)30(40)39-22-23(21-36(4)5)18-24-10-6-9-13-29(24)39/h6-13,20,23,28,34H,14-19,21-22H2,1-5H3,(H,35,41)/t23-,28-/m1/s1. The molecule has 4 amide bonds. The summed E-state index contributed by atoms with van der Waals surface area (Å²) < 4.78 is 5.50. The van der Waals surface area contributed by atoms with Crippen molar-refractivity contribution in [3.63, 3.8) is 0 Å². The van der Waals surface area contributed by atoms with E-state index in [4.69, 9.17) is 4.74 Å². The van der Waals surface area contributed by atoms with E-state index in [2.05, 4.69) is 35.4 Å². The Morgan fingerprint density at radius 1 is 1.00 bits per heavy atom. The molecule has 0 bridgehead atoms. The number of piperazine rings is 1. The molecule has 2 aliphatic rings. The second-order valence-corrected chi connectivity index (χ2v) is 12.9. The lowest BCUT2D eigenvalue weighted by Gasteiger charge is -2.39. The second kappa shape index (κ2) is 12.7. The summed E-state index contributed by atoms with van der Waals surface area (Å²) in [4.78, 5) is 51.3. The number of nitrogens with zero attached hydrogens (tertiary/aromatic N) is 4. The number of carbonyl (C=O) groups excluding carboxylic acids is 3. The third-order valence-corrected chi connectivity index (χ3v) is 8.03. The Bertz CT molecular complexity index is 1450. The molecule has 0 radical (unpaired) electrons. The van der Waals surface area contributed by atoms with Crippen molar-refractivity contribution in [2.24, 2.45) is 5.92 Å². The van der Waals surface area contributed by atoms with Gasteiger partial charge in [-0.15, -0.1) is 0 Å². The van der Waals surface area contributed by atoms with Gasteiger partial charge in [0, 0.05) is 68.5 Å². The van der Waals surface area contributed by atoms with Crippen LogP contribution in [0.1, 0.15) is 31.9 Å². The quantitative estimate of drug-likeness (QED) is 0.452. The van der Waals surface area contributed by atoms with E-state index in [0.717, 1.165) is 40.7 Å². The molecule has 2 aromatic carbocycles. The number of nitrogens with one attached hydrogen (secondary N) is 2. The van der Waals surface area contributed by atoms with E-state index in [-0.39, 0.29) is 23.9 Å². The molecule has 10 heteroatoms. The molecule has 1 aromatic heterocycles. The fourth-order valence-corrected chi connectivity index (χ4v) is 6.09. The van der Waals surface area contributed by atoms with Gasteiger partial charge >= 0.3 is 12.1 Å². The molecule has 3 aromatic rings. The van der Waals surface area contributed by atoms with Gasteiger partial charge in [-0.2, -0.15) is 0 Å². The molecule has 5 rings (SSSR count). The summed E-state index contributed by atoms with van der Waals surface area (Å²) in [6.45, 7) is 8.41. The van der Waals surface area contributed by atoms with Gasteiger partial charge < -0.3 is 34.6 Å². The van der Waals surface area contributed by atoms with E-state index in [1.165, 1.54) is 0 Å². The number of amides is 4. The summed E-state index contributed by atoms with van der Waals surface area (Å²) in [5.74, 6) is 0.154. The highest BCUT2D eigenvalue weighted by Crippen LogP contribution is 2.31. The Balaban J connectivity index is 1.36.